The molecule has 8 nitrogen and oxygen atoms in total. The van der Waals surface area contributed by atoms with Crippen LogP contribution in [0.15, 0.2) is 41.6 Å². The number of pyridine rings is 1. The number of aromatic nitrogens is 3. The average molecular weight is 483 g/mol. The van der Waals surface area contributed by atoms with Gasteiger partial charge in [-0.05, 0) is 81.4 Å². The SMILES string of the molecule is CN(C)Cc1cc(S(N)=O)nn1CCCCCOc1cc(-c2ccc3c(c2N)CCC3)ccn1. The van der Waals surface area contributed by atoms with E-state index in [0.29, 0.717) is 17.5 Å². The number of rotatable bonds is 11. The molecule has 2 heterocycles. The third-order valence-electron chi connectivity index (χ3n) is 6.16. The van der Waals surface area contributed by atoms with E-state index in [9.17, 15) is 4.21 Å². The van der Waals surface area contributed by atoms with Crippen molar-refractivity contribution in [1.29, 1.82) is 0 Å². The number of aryl methyl sites for hydroxylation is 2. The van der Waals surface area contributed by atoms with Gasteiger partial charge in [-0.3, -0.25) is 4.68 Å². The third-order valence-corrected chi connectivity index (χ3v) is 6.77. The molecule has 1 atom stereocenters. The van der Waals surface area contributed by atoms with Crippen LogP contribution in [0.4, 0.5) is 5.69 Å². The van der Waals surface area contributed by atoms with Gasteiger partial charge in [-0.15, -0.1) is 0 Å². The summed E-state index contributed by atoms with van der Waals surface area (Å²) in [6.07, 6.45) is 7.98. The van der Waals surface area contributed by atoms with Gasteiger partial charge in [-0.2, -0.15) is 5.10 Å². The summed E-state index contributed by atoms with van der Waals surface area (Å²) < 4.78 is 19.4. The molecule has 4 N–H and O–H groups in total. The number of hydrogen-bond donors (Lipinski definition) is 2. The Balaban J connectivity index is 1.27. The fourth-order valence-electron chi connectivity index (χ4n) is 4.49. The molecular formula is C25H34N6O2S. The van der Waals surface area contributed by atoms with Gasteiger partial charge in [0.15, 0.2) is 5.03 Å². The summed E-state index contributed by atoms with van der Waals surface area (Å²) in [5.41, 5.74) is 13.2. The van der Waals surface area contributed by atoms with E-state index >= 15 is 0 Å². The van der Waals surface area contributed by atoms with E-state index in [1.165, 1.54) is 17.5 Å². The summed E-state index contributed by atoms with van der Waals surface area (Å²) >= 11 is 0. The molecule has 0 radical (unpaired) electrons. The van der Waals surface area contributed by atoms with Crippen molar-refractivity contribution in [2.45, 2.75) is 56.6 Å². The highest BCUT2D eigenvalue weighted by atomic mass is 32.2. The van der Waals surface area contributed by atoms with E-state index in [1.54, 1.807) is 6.20 Å². The van der Waals surface area contributed by atoms with E-state index < -0.39 is 11.0 Å². The maximum absolute atomic E-state index is 11.6. The van der Waals surface area contributed by atoms with Crippen LogP contribution in [0.2, 0.25) is 0 Å². The van der Waals surface area contributed by atoms with Crippen molar-refractivity contribution in [3.05, 3.63) is 53.3 Å². The largest absolute Gasteiger partial charge is 0.478 e. The molecule has 0 saturated carbocycles. The Labute approximate surface area is 203 Å². The number of anilines is 1. The van der Waals surface area contributed by atoms with Gasteiger partial charge in [0.2, 0.25) is 5.88 Å². The Kier molecular flexibility index (Phi) is 7.97. The highest BCUT2D eigenvalue weighted by molar-refractivity contribution is 7.82. The minimum atomic E-state index is -1.57. The third kappa shape index (κ3) is 5.84. The van der Waals surface area contributed by atoms with Crippen LogP contribution in [0.3, 0.4) is 0 Å². The molecule has 0 amide bonds. The number of nitrogens with two attached hydrogens (primary N) is 2. The van der Waals surface area contributed by atoms with Crippen molar-refractivity contribution in [1.82, 2.24) is 19.7 Å². The first-order chi connectivity index (χ1) is 16.4. The lowest BCUT2D eigenvalue weighted by molar-refractivity contribution is 0.292. The molecule has 34 heavy (non-hydrogen) atoms. The number of fused-ring (bicyclic) bond motifs is 1. The van der Waals surface area contributed by atoms with Crippen molar-refractivity contribution in [3.63, 3.8) is 0 Å². The zero-order valence-electron chi connectivity index (χ0n) is 20.0. The smallest absolute Gasteiger partial charge is 0.213 e. The van der Waals surface area contributed by atoms with Gasteiger partial charge < -0.3 is 15.4 Å². The molecule has 9 heteroatoms. The molecule has 0 saturated heterocycles. The molecule has 1 aliphatic rings. The number of nitrogens with zero attached hydrogens (tertiary/aromatic N) is 4. The van der Waals surface area contributed by atoms with Gasteiger partial charge in [-0.25, -0.2) is 14.3 Å². The zero-order valence-corrected chi connectivity index (χ0v) is 20.8. The molecule has 3 aromatic rings. The second kappa shape index (κ2) is 11.1. The molecule has 2 aromatic heterocycles. The average Bonchev–Trinajstić information content (AvgIpc) is 3.44. The van der Waals surface area contributed by atoms with Crippen molar-refractivity contribution < 1.29 is 8.95 Å². The standard InChI is InChI=1S/C25H34N6O2S/c1-30(2)17-20-16-24(34(27)32)29-31(20)13-4-3-5-14-33-23-15-19(11-12-28-23)22-10-9-18-7-6-8-21(18)25(22)26/h9-12,15-16H,3-8,13-14,17,26-27H2,1-2H3. The van der Waals surface area contributed by atoms with Crippen molar-refractivity contribution in [2.24, 2.45) is 5.14 Å². The number of nitrogen functional groups attached to an aromatic ring is 1. The maximum atomic E-state index is 11.6. The quantitative estimate of drug-likeness (QED) is 0.320. The van der Waals surface area contributed by atoms with E-state index in [1.807, 2.05) is 37.0 Å². The van der Waals surface area contributed by atoms with E-state index in [4.69, 9.17) is 15.6 Å². The van der Waals surface area contributed by atoms with Gasteiger partial charge in [0, 0.05) is 36.6 Å². The zero-order chi connectivity index (χ0) is 24.1. The Morgan fingerprint density at radius 3 is 2.79 bits per heavy atom. The second-order valence-electron chi connectivity index (χ2n) is 9.04. The predicted octanol–water partition coefficient (Wildman–Crippen LogP) is 3.31. The van der Waals surface area contributed by atoms with Crippen molar-refractivity contribution >= 4 is 16.7 Å². The molecule has 1 unspecified atom stereocenters. The lowest BCUT2D eigenvalue weighted by atomic mass is 9.98. The van der Waals surface area contributed by atoms with Crippen LogP contribution in [0.5, 0.6) is 5.88 Å². The van der Waals surface area contributed by atoms with E-state index in [0.717, 1.165) is 67.7 Å². The molecule has 4 rings (SSSR count). The minimum Gasteiger partial charge on any atom is -0.478 e. The van der Waals surface area contributed by atoms with Gasteiger partial charge in [-0.1, -0.05) is 12.1 Å². The normalized spacial score (nSPS) is 13.9. The van der Waals surface area contributed by atoms with Crippen LogP contribution < -0.4 is 15.6 Å². The van der Waals surface area contributed by atoms with Crippen molar-refractivity contribution in [2.75, 3.05) is 26.4 Å². The van der Waals surface area contributed by atoms with Gasteiger partial charge in [0.25, 0.3) is 0 Å². The van der Waals surface area contributed by atoms with E-state index in [-0.39, 0.29) is 0 Å². The highest BCUT2D eigenvalue weighted by Crippen LogP contribution is 2.36. The number of unbranched alkanes of at least 4 members (excludes halogenated alkanes) is 2. The Hall–Kier alpha value is -2.75. The van der Waals surface area contributed by atoms with Crippen LogP contribution in [0.1, 0.15) is 42.5 Å². The van der Waals surface area contributed by atoms with Crippen molar-refractivity contribution in [3.8, 4) is 17.0 Å². The summed E-state index contributed by atoms with van der Waals surface area (Å²) in [7, 11) is 2.42. The topological polar surface area (TPSA) is 112 Å². The lowest BCUT2D eigenvalue weighted by Crippen LogP contribution is -2.15. The highest BCUT2D eigenvalue weighted by Gasteiger charge is 2.17. The Morgan fingerprint density at radius 1 is 1.15 bits per heavy atom. The fourth-order valence-corrected chi connectivity index (χ4v) is 4.92. The predicted molar refractivity (Wildman–Crippen MR) is 136 cm³/mol. The Morgan fingerprint density at radius 2 is 2.00 bits per heavy atom. The van der Waals surface area contributed by atoms with Crippen LogP contribution in [0, 0.1) is 0 Å². The number of ether oxygens (including phenoxy) is 1. The summed E-state index contributed by atoms with van der Waals surface area (Å²) in [5.74, 6) is 0.618. The molecule has 1 aromatic carbocycles. The number of benzene rings is 1. The molecule has 182 valence electrons. The summed E-state index contributed by atoms with van der Waals surface area (Å²) in [6, 6.07) is 10.1. The first-order valence-electron chi connectivity index (χ1n) is 11.8. The van der Waals surface area contributed by atoms with E-state index in [2.05, 4.69) is 27.1 Å². The van der Waals surface area contributed by atoms with Crippen LogP contribution >= 0.6 is 0 Å². The first kappa shape index (κ1) is 24.4. The lowest BCUT2D eigenvalue weighted by Gasteiger charge is -2.13. The number of hydrogen-bond acceptors (Lipinski definition) is 6. The molecular weight excluding hydrogens is 448 g/mol. The Bertz CT molecular complexity index is 1160. The summed E-state index contributed by atoms with van der Waals surface area (Å²) in [6.45, 7) is 2.08. The van der Waals surface area contributed by atoms with Gasteiger partial charge >= 0.3 is 0 Å². The van der Waals surface area contributed by atoms with Crippen LogP contribution in [-0.4, -0.2) is 44.6 Å². The summed E-state index contributed by atoms with van der Waals surface area (Å²) in [5, 5.41) is 10.3. The molecule has 0 fully saturated rings. The molecule has 1 aliphatic carbocycles. The minimum absolute atomic E-state index is 0.426. The van der Waals surface area contributed by atoms with Crippen LogP contribution in [-0.2, 0) is 36.9 Å². The van der Waals surface area contributed by atoms with Gasteiger partial charge in [0.1, 0.15) is 11.0 Å². The monoisotopic (exact) mass is 482 g/mol. The maximum Gasteiger partial charge on any atom is 0.213 e. The molecule has 0 aliphatic heterocycles. The second-order valence-corrected chi connectivity index (χ2v) is 10.1. The summed E-state index contributed by atoms with van der Waals surface area (Å²) in [4.78, 5) is 6.43. The fraction of sp³-hybridized carbons (Fsp3) is 0.440. The molecule has 0 bridgehead atoms. The first-order valence-corrected chi connectivity index (χ1v) is 13.0. The molecule has 0 spiro atoms. The van der Waals surface area contributed by atoms with Crippen LogP contribution in [0.25, 0.3) is 11.1 Å². The van der Waals surface area contributed by atoms with Gasteiger partial charge in [0.05, 0.1) is 12.3 Å².